The van der Waals surface area contributed by atoms with Gasteiger partial charge in [0.05, 0.1) is 12.6 Å². The minimum absolute atomic E-state index is 0.181. The van der Waals surface area contributed by atoms with E-state index in [1.54, 1.807) is 7.11 Å². The van der Waals surface area contributed by atoms with Crippen LogP contribution in [0.15, 0.2) is 48.5 Å². The Morgan fingerprint density at radius 3 is 2.29 bits per heavy atom. The van der Waals surface area contributed by atoms with Crippen LogP contribution < -0.4 is 4.90 Å². The highest BCUT2D eigenvalue weighted by Gasteiger charge is 2.32. The van der Waals surface area contributed by atoms with Crippen molar-refractivity contribution >= 4 is 16.7 Å². The smallest absolute Gasteiger partial charge is 0.205 e. The van der Waals surface area contributed by atoms with Crippen molar-refractivity contribution in [2.24, 2.45) is 0 Å². The van der Waals surface area contributed by atoms with Crippen LogP contribution in [0, 0.1) is 0 Å². The van der Waals surface area contributed by atoms with E-state index in [2.05, 4.69) is 64.9 Å². The Hall–Kier alpha value is -2.24. The first kappa shape index (κ1) is 15.3. The van der Waals surface area contributed by atoms with E-state index in [9.17, 15) is 0 Å². The first-order chi connectivity index (χ1) is 11.8. The standard InChI is InChI=1S/C19H19N3OS/c1-22(19-20-17(21-24-19)11-12-23-2)18-15-9-5-3-7-13(15)14-8-4-6-10-16(14)18/h3-10,18H,11-12H2,1-2H3. The van der Waals surface area contributed by atoms with Crippen LogP contribution in [0.5, 0.6) is 0 Å². The van der Waals surface area contributed by atoms with Crippen molar-refractivity contribution in [3.8, 4) is 11.1 Å². The predicted molar refractivity (Wildman–Crippen MR) is 97.6 cm³/mol. The van der Waals surface area contributed by atoms with Crippen molar-refractivity contribution in [2.45, 2.75) is 12.5 Å². The van der Waals surface area contributed by atoms with Crippen LogP contribution in [0.2, 0.25) is 0 Å². The second kappa shape index (κ2) is 6.34. The fourth-order valence-electron chi connectivity index (χ4n) is 3.34. The van der Waals surface area contributed by atoms with Gasteiger partial charge in [-0.1, -0.05) is 48.5 Å². The molecular weight excluding hydrogens is 318 g/mol. The van der Waals surface area contributed by atoms with Crippen molar-refractivity contribution in [1.29, 1.82) is 0 Å². The maximum atomic E-state index is 5.12. The van der Waals surface area contributed by atoms with Crippen LogP contribution in [0.25, 0.3) is 11.1 Å². The normalized spacial score (nSPS) is 12.9. The van der Waals surface area contributed by atoms with Gasteiger partial charge in [-0.3, -0.25) is 0 Å². The van der Waals surface area contributed by atoms with Crippen molar-refractivity contribution in [3.05, 3.63) is 65.5 Å². The van der Waals surface area contributed by atoms with Gasteiger partial charge in [0, 0.05) is 32.1 Å². The summed E-state index contributed by atoms with van der Waals surface area (Å²) in [5, 5.41) is 0.942. The molecule has 5 heteroatoms. The van der Waals surface area contributed by atoms with Gasteiger partial charge in [-0.05, 0) is 22.3 Å². The number of fused-ring (bicyclic) bond motifs is 3. The van der Waals surface area contributed by atoms with Crippen LogP contribution in [-0.4, -0.2) is 30.1 Å². The van der Waals surface area contributed by atoms with Gasteiger partial charge in [-0.15, -0.1) is 0 Å². The second-order valence-corrected chi connectivity index (χ2v) is 6.65. The molecule has 2 aromatic carbocycles. The highest BCUT2D eigenvalue weighted by Crippen LogP contribution is 2.46. The van der Waals surface area contributed by atoms with Crippen molar-refractivity contribution in [1.82, 2.24) is 9.36 Å². The minimum atomic E-state index is 0.181. The zero-order valence-electron chi connectivity index (χ0n) is 13.8. The molecule has 0 atom stereocenters. The molecule has 4 rings (SSSR count). The Morgan fingerprint density at radius 1 is 1.04 bits per heavy atom. The third-order valence-electron chi connectivity index (χ3n) is 4.48. The first-order valence-corrected chi connectivity index (χ1v) is 8.79. The molecule has 0 amide bonds. The molecule has 0 unspecified atom stereocenters. The van der Waals surface area contributed by atoms with Crippen LogP contribution in [0.3, 0.4) is 0 Å². The molecular formula is C19H19N3OS. The Balaban J connectivity index is 1.72. The predicted octanol–water partition coefficient (Wildman–Crippen LogP) is 3.93. The minimum Gasteiger partial charge on any atom is -0.384 e. The number of hydrogen-bond acceptors (Lipinski definition) is 5. The van der Waals surface area contributed by atoms with Crippen molar-refractivity contribution < 1.29 is 4.74 Å². The molecule has 0 saturated heterocycles. The zero-order valence-corrected chi connectivity index (χ0v) is 14.6. The van der Waals surface area contributed by atoms with Crippen LogP contribution in [0.4, 0.5) is 5.13 Å². The molecule has 0 N–H and O–H groups in total. The van der Waals surface area contributed by atoms with Crippen molar-refractivity contribution in [3.63, 3.8) is 0 Å². The molecule has 0 radical (unpaired) electrons. The third-order valence-corrected chi connectivity index (χ3v) is 5.32. The van der Waals surface area contributed by atoms with E-state index in [1.807, 2.05) is 0 Å². The SMILES string of the molecule is COCCc1nsc(N(C)C2c3ccccc3-c3ccccc32)n1. The number of rotatable bonds is 5. The molecule has 1 aliphatic carbocycles. The molecule has 122 valence electrons. The average molecular weight is 337 g/mol. The van der Waals surface area contributed by atoms with Gasteiger partial charge in [0.25, 0.3) is 0 Å². The molecule has 0 spiro atoms. The fourth-order valence-corrected chi connectivity index (χ4v) is 4.04. The summed E-state index contributed by atoms with van der Waals surface area (Å²) in [5.74, 6) is 0.850. The summed E-state index contributed by atoms with van der Waals surface area (Å²) in [6.07, 6.45) is 0.749. The summed E-state index contributed by atoms with van der Waals surface area (Å²) in [6.45, 7) is 0.648. The van der Waals surface area contributed by atoms with E-state index in [1.165, 1.54) is 33.8 Å². The lowest BCUT2D eigenvalue weighted by molar-refractivity contribution is 0.201. The molecule has 0 fully saturated rings. The van der Waals surface area contributed by atoms with Gasteiger partial charge in [0.2, 0.25) is 5.13 Å². The maximum Gasteiger partial charge on any atom is 0.205 e. The van der Waals surface area contributed by atoms with E-state index in [-0.39, 0.29) is 6.04 Å². The lowest BCUT2D eigenvalue weighted by Crippen LogP contribution is -2.23. The molecule has 24 heavy (non-hydrogen) atoms. The van der Waals surface area contributed by atoms with E-state index in [0.29, 0.717) is 6.61 Å². The second-order valence-electron chi connectivity index (χ2n) is 5.92. The average Bonchev–Trinajstić information content (AvgIpc) is 3.22. The van der Waals surface area contributed by atoms with Gasteiger partial charge < -0.3 is 9.64 Å². The maximum absolute atomic E-state index is 5.12. The number of benzene rings is 2. The quantitative estimate of drug-likeness (QED) is 0.707. The van der Waals surface area contributed by atoms with E-state index >= 15 is 0 Å². The summed E-state index contributed by atoms with van der Waals surface area (Å²) in [7, 11) is 3.80. The third kappa shape index (κ3) is 2.50. The molecule has 4 nitrogen and oxygen atoms in total. The summed E-state index contributed by atoms with van der Waals surface area (Å²) in [4.78, 5) is 6.93. The Bertz CT molecular complexity index is 816. The molecule has 1 aromatic heterocycles. The molecule has 0 bridgehead atoms. The lowest BCUT2D eigenvalue weighted by Gasteiger charge is -2.25. The molecule has 0 saturated carbocycles. The molecule has 1 aliphatic rings. The summed E-state index contributed by atoms with van der Waals surface area (Å²) in [5.41, 5.74) is 5.29. The summed E-state index contributed by atoms with van der Waals surface area (Å²) >= 11 is 1.45. The summed E-state index contributed by atoms with van der Waals surface area (Å²) in [6, 6.07) is 17.4. The van der Waals surface area contributed by atoms with Crippen molar-refractivity contribution in [2.75, 3.05) is 25.7 Å². The van der Waals surface area contributed by atoms with Gasteiger partial charge in [0.15, 0.2) is 0 Å². The van der Waals surface area contributed by atoms with Gasteiger partial charge in [-0.25, -0.2) is 4.98 Å². The zero-order chi connectivity index (χ0) is 16.5. The van der Waals surface area contributed by atoms with Crippen LogP contribution in [0.1, 0.15) is 23.0 Å². The van der Waals surface area contributed by atoms with E-state index in [0.717, 1.165) is 17.4 Å². The monoisotopic (exact) mass is 337 g/mol. The fraction of sp³-hybridized carbons (Fsp3) is 0.263. The number of anilines is 1. The number of hydrogen-bond donors (Lipinski definition) is 0. The van der Waals surface area contributed by atoms with Crippen LogP contribution >= 0.6 is 11.5 Å². The Morgan fingerprint density at radius 2 is 1.67 bits per heavy atom. The van der Waals surface area contributed by atoms with Gasteiger partial charge >= 0.3 is 0 Å². The topological polar surface area (TPSA) is 38.2 Å². The first-order valence-electron chi connectivity index (χ1n) is 8.02. The number of nitrogens with zero attached hydrogens (tertiary/aromatic N) is 3. The highest BCUT2D eigenvalue weighted by molar-refractivity contribution is 7.09. The van der Waals surface area contributed by atoms with Gasteiger partial charge in [-0.2, -0.15) is 4.37 Å². The number of methoxy groups -OCH3 is 1. The highest BCUT2D eigenvalue weighted by atomic mass is 32.1. The Labute approximate surface area is 145 Å². The molecule has 1 heterocycles. The molecule has 0 aliphatic heterocycles. The lowest BCUT2D eigenvalue weighted by atomic mass is 10.0. The van der Waals surface area contributed by atoms with Gasteiger partial charge in [0.1, 0.15) is 5.82 Å². The largest absolute Gasteiger partial charge is 0.384 e. The van der Waals surface area contributed by atoms with E-state index in [4.69, 9.17) is 9.72 Å². The Kier molecular flexibility index (Phi) is 4.04. The molecule has 3 aromatic rings. The number of aromatic nitrogens is 2. The summed E-state index contributed by atoms with van der Waals surface area (Å²) < 4.78 is 9.59. The van der Waals surface area contributed by atoms with Crippen LogP contribution in [-0.2, 0) is 11.2 Å². The number of ether oxygens (including phenoxy) is 1. The van der Waals surface area contributed by atoms with E-state index < -0.39 is 0 Å².